The molecule has 0 radical (unpaired) electrons. The highest BCUT2D eigenvalue weighted by atomic mass is 127. The van der Waals surface area contributed by atoms with Crippen molar-refractivity contribution in [2.45, 2.75) is 9.79 Å². The normalized spacial score (nSPS) is 17.7. The molecule has 122 valence electrons. The third-order valence-corrected chi connectivity index (χ3v) is 10.2. The van der Waals surface area contributed by atoms with Crippen molar-refractivity contribution in [1.29, 1.82) is 0 Å². The Balaban J connectivity index is 2.47. The molecule has 11 heteroatoms. The molecule has 6 nitrogen and oxygen atoms in total. The van der Waals surface area contributed by atoms with Crippen LogP contribution in [0.1, 0.15) is 0 Å². The maximum absolute atomic E-state index is 12.7. The predicted molar refractivity (Wildman–Crippen MR) is 107 cm³/mol. The second-order valence-electron chi connectivity index (χ2n) is 4.33. The van der Waals surface area contributed by atoms with Crippen molar-refractivity contribution >= 4 is 88.0 Å². The largest absolute Gasteiger partial charge is 0.375 e. The van der Waals surface area contributed by atoms with Gasteiger partial charge in [0.05, 0.1) is 3.57 Å². The van der Waals surface area contributed by atoms with Gasteiger partial charge in [-0.1, -0.05) is 12.1 Å². The van der Waals surface area contributed by atoms with Crippen LogP contribution in [-0.2, 0) is 20.2 Å². The van der Waals surface area contributed by atoms with Gasteiger partial charge in [-0.15, -0.1) is 0 Å². The van der Waals surface area contributed by atoms with E-state index in [0.717, 1.165) is 0 Å². The summed E-state index contributed by atoms with van der Waals surface area (Å²) in [5, 5.41) is 0. The van der Waals surface area contributed by atoms with Crippen molar-refractivity contribution < 1.29 is 25.2 Å². The van der Waals surface area contributed by atoms with Gasteiger partial charge in [0, 0.05) is 7.14 Å². The highest BCUT2D eigenvalue weighted by molar-refractivity contribution is 14.1. The lowest BCUT2D eigenvalue weighted by Crippen LogP contribution is -2.24. The van der Waals surface area contributed by atoms with Crippen LogP contribution in [0.5, 0.6) is 11.5 Å². The molecule has 1 aliphatic rings. The summed E-state index contributed by atoms with van der Waals surface area (Å²) in [5.41, 5.74) is 0. The Bertz CT molecular complexity index is 1030. The molecule has 0 aromatic heterocycles. The molecule has 0 aliphatic carbocycles. The number of halogens is 3. The minimum atomic E-state index is -4.34. The molecule has 0 bridgehead atoms. The quantitative estimate of drug-likeness (QED) is 0.240. The molecular formula is C12H5I3O6S2. The Hall–Kier alpha value is 0.130. The van der Waals surface area contributed by atoms with Gasteiger partial charge in [0.2, 0.25) is 0 Å². The zero-order valence-corrected chi connectivity index (χ0v) is 18.9. The van der Waals surface area contributed by atoms with Gasteiger partial charge in [0.15, 0.2) is 11.5 Å². The van der Waals surface area contributed by atoms with Gasteiger partial charge in [-0.05, 0) is 86.0 Å². The van der Waals surface area contributed by atoms with Gasteiger partial charge in [0.1, 0.15) is 9.79 Å². The average molecular weight is 690 g/mol. The lowest BCUT2D eigenvalue weighted by molar-refractivity contribution is 0.435. The summed E-state index contributed by atoms with van der Waals surface area (Å²) in [6.07, 6.45) is 0. The summed E-state index contributed by atoms with van der Waals surface area (Å²) in [5.74, 6) is -0.350. The molecule has 0 amide bonds. The fourth-order valence-corrected chi connectivity index (χ4v) is 9.09. The van der Waals surface area contributed by atoms with Crippen molar-refractivity contribution in [2.75, 3.05) is 0 Å². The molecule has 2 aromatic rings. The summed E-state index contributed by atoms with van der Waals surface area (Å²) in [6, 6.07) is 7.29. The van der Waals surface area contributed by atoms with E-state index in [2.05, 4.69) is 0 Å². The van der Waals surface area contributed by atoms with Crippen LogP contribution >= 0.6 is 67.8 Å². The monoisotopic (exact) mass is 690 g/mol. The molecule has 3 rings (SSSR count). The summed E-state index contributed by atoms with van der Waals surface area (Å²) in [6.45, 7) is 0. The average Bonchev–Trinajstić information content (AvgIpc) is 2.42. The zero-order chi connectivity index (χ0) is 17.0. The van der Waals surface area contributed by atoms with E-state index in [-0.39, 0.29) is 18.6 Å². The van der Waals surface area contributed by atoms with Crippen molar-refractivity contribution in [1.82, 2.24) is 0 Å². The highest BCUT2D eigenvalue weighted by Crippen LogP contribution is 2.41. The highest BCUT2D eigenvalue weighted by Gasteiger charge is 2.38. The van der Waals surface area contributed by atoms with Gasteiger partial charge in [0.25, 0.3) is 0 Å². The van der Waals surface area contributed by atoms with Crippen LogP contribution in [0, 0.1) is 10.7 Å². The van der Waals surface area contributed by atoms with Gasteiger partial charge < -0.3 is 8.37 Å². The molecule has 0 saturated carbocycles. The number of benzene rings is 2. The zero-order valence-electron chi connectivity index (χ0n) is 10.8. The Labute approximate surface area is 173 Å². The van der Waals surface area contributed by atoms with Gasteiger partial charge in [-0.3, -0.25) is 0 Å². The van der Waals surface area contributed by atoms with E-state index < -0.39 is 30.0 Å². The molecular weight excluding hydrogens is 685 g/mol. The smallest absolute Gasteiger partial charge is 0.341 e. The topological polar surface area (TPSA) is 86.7 Å². The van der Waals surface area contributed by atoms with Crippen molar-refractivity contribution in [2.24, 2.45) is 0 Å². The van der Waals surface area contributed by atoms with E-state index in [1.165, 1.54) is 24.3 Å². The van der Waals surface area contributed by atoms with Crippen molar-refractivity contribution in [3.63, 3.8) is 0 Å². The number of hydrogen-bond donors (Lipinski definition) is 0. The Morgan fingerprint density at radius 3 is 1.74 bits per heavy atom. The van der Waals surface area contributed by atoms with Gasteiger partial charge in [-0.25, -0.2) is 0 Å². The first-order valence-corrected chi connectivity index (χ1v) is 11.8. The second-order valence-corrected chi connectivity index (χ2v) is 10.7. The molecule has 0 saturated heterocycles. The molecule has 1 aliphatic heterocycles. The number of hydrogen-bond acceptors (Lipinski definition) is 6. The van der Waals surface area contributed by atoms with Gasteiger partial charge in [-0.2, -0.15) is 16.8 Å². The molecule has 0 atom stereocenters. The van der Waals surface area contributed by atoms with Crippen LogP contribution in [0.2, 0.25) is 0 Å². The Morgan fingerprint density at radius 1 is 0.739 bits per heavy atom. The van der Waals surface area contributed by atoms with Crippen molar-refractivity contribution in [3.8, 4) is 11.5 Å². The lowest BCUT2D eigenvalue weighted by atomic mass is 10.3. The Morgan fingerprint density at radius 2 is 1.22 bits per heavy atom. The first-order valence-electron chi connectivity index (χ1n) is 5.79. The molecule has 0 fully saturated rings. The fraction of sp³-hybridized carbons (Fsp3) is 0. The number of rotatable bonds is 0. The first-order chi connectivity index (χ1) is 10.6. The molecule has 0 spiro atoms. The van der Waals surface area contributed by atoms with Crippen LogP contribution in [-0.4, -0.2) is 16.8 Å². The molecule has 23 heavy (non-hydrogen) atoms. The standard InChI is InChI=1S/C12H5I3O6S2/c13-6-5-7(14)11-12(10(6)15)23(18,19)21-9-4-2-1-3-8(9)20-22(11,16)17/h1-5H. The van der Waals surface area contributed by atoms with E-state index in [9.17, 15) is 16.8 Å². The number of fused-ring (bicyclic) bond motifs is 2. The Kier molecular flexibility index (Phi) is 4.78. The molecule has 2 aromatic carbocycles. The van der Waals surface area contributed by atoms with Crippen LogP contribution in [0.3, 0.4) is 0 Å². The third kappa shape index (κ3) is 3.18. The SMILES string of the molecule is O=S1(=O)Oc2ccccc2OS(=O)(=O)c2c(I)c(I)cc(I)c21. The first kappa shape index (κ1) is 17.9. The molecule has 0 N–H and O–H groups in total. The van der Waals surface area contributed by atoms with Crippen LogP contribution in [0.25, 0.3) is 0 Å². The summed E-state index contributed by atoms with van der Waals surface area (Å²) >= 11 is 5.49. The van der Waals surface area contributed by atoms with E-state index >= 15 is 0 Å². The molecule has 1 heterocycles. The minimum absolute atomic E-state index is 0.175. The van der Waals surface area contributed by atoms with E-state index in [4.69, 9.17) is 8.37 Å². The summed E-state index contributed by atoms with van der Waals surface area (Å²) < 4.78 is 61.9. The van der Waals surface area contributed by atoms with Crippen LogP contribution in [0.4, 0.5) is 0 Å². The van der Waals surface area contributed by atoms with E-state index in [1.807, 2.05) is 22.6 Å². The second kappa shape index (κ2) is 6.14. The fourth-order valence-electron chi connectivity index (χ4n) is 1.92. The van der Waals surface area contributed by atoms with Crippen LogP contribution < -0.4 is 8.37 Å². The summed E-state index contributed by atoms with van der Waals surface area (Å²) in [4.78, 5) is -0.804. The number of para-hydroxylation sites is 2. The maximum Gasteiger partial charge on any atom is 0.341 e. The summed E-state index contributed by atoms with van der Waals surface area (Å²) in [7, 11) is -8.67. The maximum atomic E-state index is 12.7. The van der Waals surface area contributed by atoms with E-state index in [1.54, 1.807) is 51.2 Å². The predicted octanol–water partition coefficient (Wildman–Crippen LogP) is 3.35. The minimum Gasteiger partial charge on any atom is -0.375 e. The lowest BCUT2D eigenvalue weighted by Gasteiger charge is -2.20. The molecule has 0 unspecified atom stereocenters. The van der Waals surface area contributed by atoms with Crippen LogP contribution in [0.15, 0.2) is 40.1 Å². The van der Waals surface area contributed by atoms with Crippen molar-refractivity contribution in [3.05, 3.63) is 41.0 Å². The van der Waals surface area contributed by atoms with Gasteiger partial charge >= 0.3 is 20.2 Å². The van der Waals surface area contributed by atoms with E-state index in [0.29, 0.717) is 3.57 Å². The third-order valence-electron chi connectivity index (χ3n) is 2.83.